The summed E-state index contributed by atoms with van der Waals surface area (Å²) >= 11 is 1.80. The van der Waals surface area contributed by atoms with Crippen LogP contribution in [0.15, 0.2) is 186 Å². The number of para-hydroxylation sites is 2. The minimum absolute atomic E-state index is 0.652. The van der Waals surface area contributed by atoms with Crippen molar-refractivity contribution in [1.82, 2.24) is 19.5 Å². The number of aromatic nitrogens is 4. The molecule has 5 nitrogen and oxygen atoms in total. The molecule has 0 saturated carbocycles. The van der Waals surface area contributed by atoms with Gasteiger partial charge in [-0.1, -0.05) is 133 Å². The van der Waals surface area contributed by atoms with E-state index < -0.39 is 0 Å². The molecule has 12 aromatic rings. The van der Waals surface area contributed by atoms with Crippen LogP contribution in [-0.4, -0.2) is 19.5 Å². The summed E-state index contributed by atoms with van der Waals surface area (Å²) in [6, 6.07) is 63.8. The predicted octanol–water partition coefficient (Wildman–Crippen LogP) is 13.9. The average molecular weight is 747 g/mol. The van der Waals surface area contributed by atoms with Crippen LogP contribution in [-0.2, 0) is 0 Å². The Morgan fingerprint density at radius 3 is 1.70 bits per heavy atom. The number of fused-ring (bicyclic) bond motifs is 9. The number of furan rings is 1. The van der Waals surface area contributed by atoms with Crippen molar-refractivity contribution in [1.29, 1.82) is 0 Å². The summed E-state index contributed by atoms with van der Waals surface area (Å²) in [4.78, 5) is 14.9. The van der Waals surface area contributed by atoms with Crippen molar-refractivity contribution in [2.75, 3.05) is 0 Å². The van der Waals surface area contributed by atoms with E-state index in [0.29, 0.717) is 17.5 Å². The molecule has 266 valence electrons. The highest BCUT2D eigenvalue weighted by atomic mass is 32.1. The molecule has 57 heavy (non-hydrogen) atoms. The van der Waals surface area contributed by atoms with Crippen molar-refractivity contribution in [3.63, 3.8) is 0 Å². The molecule has 0 unspecified atom stereocenters. The highest BCUT2D eigenvalue weighted by Crippen LogP contribution is 2.44. The van der Waals surface area contributed by atoms with Gasteiger partial charge in [-0.15, -0.1) is 11.3 Å². The lowest BCUT2D eigenvalue weighted by molar-refractivity contribution is 0.669. The van der Waals surface area contributed by atoms with Gasteiger partial charge in [0.1, 0.15) is 11.2 Å². The molecule has 4 heterocycles. The number of rotatable bonds is 5. The van der Waals surface area contributed by atoms with Crippen LogP contribution < -0.4 is 0 Å². The summed E-state index contributed by atoms with van der Waals surface area (Å²) < 4.78 is 11.3. The minimum Gasteiger partial charge on any atom is -0.456 e. The molecule has 0 atom stereocenters. The summed E-state index contributed by atoms with van der Waals surface area (Å²) in [5.41, 5.74) is 10.4. The maximum absolute atomic E-state index is 6.55. The van der Waals surface area contributed by atoms with Gasteiger partial charge in [-0.2, -0.15) is 0 Å². The van der Waals surface area contributed by atoms with Crippen molar-refractivity contribution in [2.24, 2.45) is 0 Å². The van der Waals surface area contributed by atoms with Gasteiger partial charge in [0.05, 0.1) is 22.1 Å². The van der Waals surface area contributed by atoms with E-state index in [1.807, 2.05) is 60.7 Å². The Kier molecular flexibility index (Phi) is 7.03. The number of nitrogens with zero attached hydrogens (tertiary/aromatic N) is 4. The van der Waals surface area contributed by atoms with E-state index >= 15 is 0 Å². The molecule has 12 rings (SSSR count). The van der Waals surface area contributed by atoms with E-state index in [1.165, 1.54) is 47.5 Å². The fourth-order valence-electron chi connectivity index (χ4n) is 8.49. The predicted molar refractivity (Wildman–Crippen MR) is 236 cm³/mol. The third-order valence-corrected chi connectivity index (χ3v) is 12.2. The molecule has 0 saturated heterocycles. The molecule has 0 aliphatic carbocycles. The Labute approximate surface area is 330 Å². The second-order valence-corrected chi connectivity index (χ2v) is 15.4. The third kappa shape index (κ3) is 5.04. The van der Waals surface area contributed by atoms with Crippen LogP contribution in [0.1, 0.15) is 0 Å². The van der Waals surface area contributed by atoms with E-state index in [2.05, 4.69) is 126 Å². The van der Waals surface area contributed by atoms with Crippen LogP contribution in [0.3, 0.4) is 0 Å². The summed E-state index contributed by atoms with van der Waals surface area (Å²) in [6.07, 6.45) is 0. The Hall–Kier alpha value is -7.41. The monoisotopic (exact) mass is 746 g/mol. The van der Waals surface area contributed by atoms with Gasteiger partial charge in [0.15, 0.2) is 17.5 Å². The molecular weight excluding hydrogens is 717 g/mol. The number of thiophene rings is 1. The second kappa shape index (κ2) is 12.6. The molecule has 0 N–H and O–H groups in total. The summed E-state index contributed by atoms with van der Waals surface area (Å²) in [5.74, 6) is 1.96. The molecule has 6 heteroatoms. The highest BCUT2D eigenvalue weighted by Gasteiger charge is 2.20. The Bertz CT molecular complexity index is 3420. The second-order valence-electron chi connectivity index (χ2n) is 14.4. The zero-order chi connectivity index (χ0) is 37.5. The van der Waals surface area contributed by atoms with Gasteiger partial charge in [-0.3, -0.25) is 0 Å². The van der Waals surface area contributed by atoms with Crippen LogP contribution in [0, 0.1) is 0 Å². The van der Waals surface area contributed by atoms with E-state index in [9.17, 15) is 0 Å². The normalized spacial score (nSPS) is 11.9. The van der Waals surface area contributed by atoms with Crippen molar-refractivity contribution in [3.05, 3.63) is 182 Å². The minimum atomic E-state index is 0.652. The van der Waals surface area contributed by atoms with Crippen molar-refractivity contribution < 1.29 is 4.42 Å². The molecule has 0 radical (unpaired) electrons. The summed E-state index contributed by atoms with van der Waals surface area (Å²) in [6.45, 7) is 0. The van der Waals surface area contributed by atoms with Gasteiger partial charge >= 0.3 is 0 Å². The van der Waals surface area contributed by atoms with E-state index in [4.69, 9.17) is 19.4 Å². The lowest BCUT2D eigenvalue weighted by atomic mass is 9.97. The zero-order valence-electron chi connectivity index (χ0n) is 30.4. The van der Waals surface area contributed by atoms with Crippen LogP contribution in [0.5, 0.6) is 0 Å². The molecule has 0 aliphatic heterocycles. The number of hydrogen-bond donors (Lipinski definition) is 0. The molecular formula is C51H30N4OS. The first kappa shape index (κ1) is 31.9. The molecule has 0 aliphatic rings. The van der Waals surface area contributed by atoms with Gasteiger partial charge in [-0.25, -0.2) is 15.0 Å². The van der Waals surface area contributed by atoms with Crippen molar-refractivity contribution in [2.45, 2.75) is 0 Å². The smallest absolute Gasteiger partial charge is 0.164 e. The molecule has 0 fully saturated rings. The third-order valence-electron chi connectivity index (χ3n) is 11.1. The van der Waals surface area contributed by atoms with Crippen LogP contribution in [0.25, 0.3) is 115 Å². The molecule has 0 bridgehead atoms. The summed E-state index contributed by atoms with van der Waals surface area (Å²) in [5, 5.41) is 7.12. The fourth-order valence-corrected chi connectivity index (χ4v) is 9.66. The van der Waals surface area contributed by atoms with Gasteiger partial charge in [-0.05, 0) is 59.7 Å². The van der Waals surface area contributed by atoms with E-state index in [-0.39, 0.29) is 0 Å². The van der Waals surface area contributed by atoms with Gasteiger partial charge in [0.2, 0.25) is 0 Å². The van der Waals surface area contributed by atoms with Crippen molar-refractivity contribution in [3.8, 4) is 51.0 Å². The molecule has 4 aromatic heterocycles. The van der Waals surface area contributed by atoms with Crippen LogP contribution in [0.4, 0.5) is 0 Å². The molecule has 8 aromatic carbocycles. The molecule has 0 spiro atoms. The number of benzene rings is 8. The highest BCUT2D eigenvalue weighted by molar-refractivity contribution is 7.26. The standard InChI is InChI=1S/C51H30N4OS/c1-3-13-31(14-4-1)49-52-50(32-15-5-2-6-16-32)54-51(53-49)34-25-27-38-46(30-34)57-45-24-11-19-35(47(38)45)33-26-28-43-39(29-33)48-42(22-12-23-44(48)56-43)55-40-20-9-7-17-36(40)37-18-8-10-21-41(37)55/h1-30H. The van der Waals surface area contributed by atoms with Crippen LogP contribution in [0.2, 0.25) is 0 Å². The van der Waals surface area contributed by atoms with Gasteiger partial charge < -0.3 is 8.98 Å². The average Bonchev–Trinajstić information content (AvgIpc) is 3.96. The number of hydrogen-bond acceptors (Lipinski definition) is 5. The Morgan fingerprint density at radius 2 is 1.00 bits per heavy atom. The fraction of sp³-hybridized carbons (Fsp3) is 0. The lowest BCUT2D eigenvalue weighted by Gasteiger charge is -2.10. The Morgan fingerprint density at radius 1 is 0.386 bits per heavy atom. The largest absolute Gasteiger partial charge is 0.456 e. The lowest BCUT2D eigenvalue weighted by Crippen LogP contribution is -1.99. The molecule has 0 amide bonds. The first-order chi connectivity index (χ1) is 28.2. The van der Waals surface area contributed by atoms with E-state index in [0.717, 1.165) is 49.9 Å². The van der Waals surface area contributed by atoms with E-state index in [1.54, 1.807) is 11.3 Å². The first-order valence-electron chi connectivity index (χ1n) is 19.0. The zero-order valence-corrected chi connectivity index (χ0v) is 31.2. The SMILES string of the molecule is c1ccc(-c2nc(-c3ccccc3)nc(-c3ccc4c(c3)sc3cccc(-c5ccc6oc7cccc(-n8c9ccccc9c9ccccc98)c7c6c5)c34)n2)cc1. The summed E-state index contributed by atoms with van der Waals surface area (Å²) in [7, 11) is 0. The first-order valence-corrected chi connectivity index (χ1v) is 19.8. The Balaban J connectivity index is 1.02. The topological polar surface area (TPSA) is 56.7 Å². The van der Waals surface area contributed by atoms with Gasteiger partial charge in [0, 0.05) is 53.0 Å². The maximum atomic E-state index is 6.55. The van der Waals surface area contributed by atoms with Gasteiger partial charge in [0.25, 0.3) is 0 Å². The maximum Gasteiger partial charge on any atom is 0.164 e. The van der Waals surface area contributed by atoms with Crippen molar-refractivity contribution >= 4 is 75.3 Å². The van der Waals surface area contributed by atoms with Crippen LogP contribution >= 0.6 is 11.3 Å². The quantitative estimate of drug-likeness (QED) is 0.176.